The Morgan fingerprint density at radius 1 is 0.533 bits per heavy atom. The molecule has 96 valence electrons. The molecule has 0 rings (SSSR count). The number of hydrogen-bond acceptors (Lipinski definition) is 0. The quantitative estimate of drug-likeness (QED) is 0.507. The summed E-state index contributed by atoms with van der Waals surface area (Å²) in [6.45, 7) is 24.0. The summed E-state index contributed by atoms with van der Waals surface area (Å²) in [7, 11) is 0. The Labute approximate surface area is 108 Å². The monoisotopic (exact) mass is 260 g/mol. The fourth-order valence-corrected chi connectivity index (χ4v) is 3.90. The first-order chi connectivity index (χ1) is 5.75. The molecule has 0 bridgehead atoms. The van der Waals surface area contributed by atoms with E-state index >= 15 is 0 Å². The fourth-order valence-electron chi connectivity index (χ4n) is 3.90. The smallest absolute Gasteiger partial charge is 0.189 e. The first kappa shape index (κ1) is 18.0. The van der Waals surface area contributed by atoms with Crippen LogP contribution in [0.1, 0.15) is 62.3 Å². The van der Waals surface area contributed by atoms with Crippen LogP contribution in [-0.4, -0.2) is 6.15 Å². The third-order valence-corrected chi connectivity index (χ3v) is 5.20. The molecule has 0 aromatic heterocycles. The van der Waals surface area contributed by atoms with Gasteiger partial charge in [0, 0.05) is 6.15 Å². The Balaban J connectivity index is 0. The molecule has 2 heteroatoms. The summed E-state index contributed by atoms with van der Waals surface area (Å²) in [5.74, 6) is 0. The minimum atomic E-state index is -0.438. The maximum atomic E-state index is 2.50. The zero-order chi connectivity index (χ0) is 12.0. The SMILES string of the molecule is C[B-](C(C)(C)C)(C(C)(C)C)C(C)(C)C.[Cu+]. The van der Waals surface area contributed by atoms with Crippen molar-refractivity contribution in [3.8, 4) is 0 Å². The summed E-state index contributed by atoms with van der Waals surface area (Å²) in [5.41, 5.74) is 0. The van der Waals surface area contributed by atoms with Gasteiger partial charge in [-0.2, -0.15) is 22.8 Å². The van der Waals surface area contributed by atoms with Crippen molar-refractivity contribution >= 4 is 6.15 Å². The van der Waals surface area contributed by atoms with Crippen LogP contribution in [0.3, 0.4) is 0 Å². The van der Waals surface area contributed by atoms with E-state index in [1.807, 2.05) is 0 Å². The predicted molar refractivity (Wildman–Crippen MR) is 70.8 cm³/mol. The normalized spacial score (nSPS) is 14.8. The molecule has 0 heterocycles. The molecule has 0 nitrogen and oxygen atoms in total. The van der Waals surface area contributed by atoms with Crippen molar-refractivity contribution < 1.29 is 17.1 Å². The van der Waals surface area contributed by atoms with Gasteiger partial charge < -0.3 is 0 Å². The topological polar surface area (TPSA) is 0 Å². The van der Waals surface area contributed by atoms with E-state index in [2.05, 4.69) is 69.1 Å². The third-order valence-electron chi connectivity index (χ3n) is 5.20. The summed E-state index contributed by atoms with van der Waals surface area (Å²) >= 11 is 0. The van der Waals surface area contributed by atoms with Crippen LogP contribution < -0.4 is 0 Å². The van der Waals surface area contributed by atoms with E-state index in [0.717, 1.165) is 0 Å². The van der Waals surface area contributed by atoms with Crippen LogP contribution in [0.15, 0.2) is 0 Å². The van der Waals surface area contributed by atoms with E-state index in [4.69, 9.17) is 0 Å². The molecule has 0 N–H and O–H groups in total. The van der Waals surface area contributed by atoms with Crippen molar-refractivity contribution in [1.29, 1.82) is 0 Å². The molecule has 0 unspecified atom stereocenters. The van der Waals surface area contributed by atoms with E-state index in [-0.39, 0.29) is 17.1 Å². The minimum Gasteiger partial charge on any atom is -0.189 e. The van der Waals surface area contributed by atoms with Crippen molar-refractivity contribution in [3.63, 3.8) is 0 Å². The first-order valence-electron chi connectivity index (χ1n) is 5.94. The van der Waals surface area contributed by atoms with Gasteiger partial charge in [0.25, 0.3) is 0 Å². The summed E-state index contributed by atoms with van der Waals surface area (Å²) in [6, 6.07) is 0. The van der Waals surface area contributed by atoms with Crippen molar-refractivity contribution in [2.75, 3.05) is 0 Å². The van der Waals surface area contributed by atoms with E-state index < -0.39 is 6.15 Å². The largest absolute Gasteiger partial charge is 1.00 e. The summed E-state index contributed by atoms with van der Waals surface area (Å²) in [4.78, 5) is 0. The summed E-state index contributed by atoms with van der Waals surface area (Å²) < 4.78 is 0. The second-order valence-electron chi connectivity index (χ2n) is 8.40. The molecule has 0 saturated heterocycles. The molecule has 0 amide bonds. The Bertz CT molecular complexity index is 164. The van der Waals surface area contributed by atoms with Crippen LogP contribution in [0, 0.1) is 0 Å². The van der Waals surface area contributed by atoms with Gasteiger partial charge in [-0.3, -0.25) is 0 Å². The van der Waals surface area contributed by atoms with Crippen molar-refractivity contribution in [2.45, 2.75) is 85.1 Å². The van der Waals surface area contributed by atoms with Gasteiger partial charge >= 0.3 is 17.1 Å². The van der Waals surface area contributed by atoms with Gasteiger partial charge in [0.05, 0.1) is 0 Å². The van der Waals surface area contributed by atoms with Crippen LogP contribution in [0.25, 0.3) is 0 Å². The van der Waals surface area contributed by atoms with Gasteiger partial charge in [-0.05, 0) is 0 Å². The van der Waals surface area contributed by atoms with Gasteiger partial charge in [0.1, 0.15) is 0 Å². The third kappa shape index (κ3) is 3.04. The molecule has 0 fully saturated rings. The predicted octanol–water partition coefficient (Wildman–Crippen LogP) is 5.46. The van der Waals surface area contributed by atoms with Gasteiger partial charge in [-0.25, -0.2) is 0 Å². The average molecular weight is 261 g/mol. The number of hydrogen-bond donors (Lipinski definition) is 0. The van der Waals surface area contributed by atoms with Crippen molar-refractivity contribution in [1.82, 2.24) is 0 Å². The van der Waals surface area contributed by atoms with Gasteiger partial charge in [0.15, 0.2) is 0 Å². The molecule has 0 radical (unpaired) electrons. The van der Waals surface area contributed by atoms with E-state index in [9.17, 15) is 0 Å². The van der Waals surface area contributed by atoms with Crippen LogP contribution >= 0.6 is 0 Å². The average Bonchev–Trinajstić information content (AvgIpc) is 1.77. The molecule has 0 aromatic rings. The van der Waals surface area contributed by atoms with Gasteiger partial charge in [-0.1, -0.05) is 62.3 Å². The Morgan fingerprint density at radius 3 is 0.667 bits per heavy atom. The van der Waals surface area contributed by atoms with Gasteiger partial charge in [0.2, 0.25) is 0 Å². The molecule has 0 atom stereocenters. The molecule has 0 aliphatic rings. The molecule has 15 heavy (non-hydrogen) atoms. The molecular weight excluding hydrogens is 231 g/mol. The standard InChI is InChI=1S/C13H30B.Cu/c1-11(2,3)14(10,12(4,5)6)13(7,8)9;/h1-10H3;/q-1;+1. The van der Waals surface area contributed by atoms with Crippen molar-refractivity contribution in [2.24, 2.45) is 0 Å². The number of rotatable bonds is 0. The maximum absolute atomic E-state index is 2.50. The van der Waals surface area contributed by atoms with E-state index in [1.54, 1.807) is 0 Å². The Morgan fingerprint density at radius 2 is 0.667 bits per heavy atom. The Kier molecular flexibility index (Phi) is 5.33. The minimum absolute atomic E-state index is 0. The second-order valence-corrected chi connectivity index (χ2v) is 8.40. The Hall–Kier alpha value is 0.584. The van der Waals surface area contributed by atoms with Crippen LogP contribution in [0.4, 0.5) is 0 Å². The van der Waals surface area contributed by atoms with Crippen LogP contribution in [0.2, 0.25) is 22.8 Å². The maximum Gasteiger partial charge on any atom is 1.00 e. The second kappa shape index (κ2) is 4.45. The fraction of sp³-hybridized carbons (Fsp3) is 1.00. The first-order valence-corrected chi connectivity index (χ1v) is 5.94. The summed E-state index contributed by atoms with van der Waals surface area (Å²) in [6.07, 6.45) is -0.438. The molecular formula is C13H30BCu. The van der Waals surface area contributed by atoms with E-state index in [1.165, 1.54) is 0 Å². The molecule has 0 saturated carbocycles. The van der Waals surface area contributed by atoms with E-state index in [0.29, 0.717) is 15.9 Å². The van der Waals surface area contributed by atoms with Crippen LogP contribution in [0.5, 0.6) is 0 Å². The molecule has 0 aromatic carbocycles. The molecule has 0 aliphatic carbocycles. The van der Waals surface area contributed by atoms with Gasteiger partial charge in [-0.15, -0.1) is 0 Å². The molecule has 0 aliphatic heterocycles. The zero-order valence-corrected chi connectivity index (χ0v) is 13.3. The zero-order valence-electron chi connectivity index (χ0n) is 12.4. The van der Waals surface area contributed by atoms with Crippen LogP contribution in [-0.2, 0) is 17.1 Å². The van der Waals surface area contributed by atoms with Crippen molar-refractivity contribution in [3.05, 3.63) is 0 Å². The summed E-state index contributed by atoms with van der Waals surface area (Å²) in [5, 5.41) is 1.16. The molecule has 0 spiro atoms.